The number of rotatable bonds is 5. The number of ether oxygens (including phenoxy) is 2. The van der Waals surface area contributed by atoms with Crippen molar-refractivity contribution in [3.8, 4) is 5.75 Å². The van der Waals surface area contributed by atoms with E-state index in [0.717, 1.165) is 17.6 Å². The summed E-state index contributed by atoms with van der Waals surface area (Å²) in [5.41, 5.74) is -0.0599. The largest absolute Gasteiger partial charge is 0.497 e. The Kier molecular flexibility index (Phi) is 3.48. The lowest BCUT2D eigenvalue weighted by molar-refractivity contribution is -0.122. The molecular formula is C16H23NO4Si. The number of aldehydes is 1. The van der Waals surface area contributed by atoms with Crippen LogP contribution in [0.2, 0.25) is 19.6 Å². The van der Waals surface area contributed by atoms with E-state index in [1.165, 1.54) is 0 Å². The van der Waals surface area contributed by atoms with Crippen molar-refractivity contribution in [3.63, 3.8) is 0 Å². The molecule has 2 aliphatic heterocycles. The highest BCUT2D eigenvalue weighted by Gasteiger charge is 2.82. The number of fused-ring (bicyclic) bond motifs is 1. The molecule has 2 saturated heterocycles. The van der Waals surface area contributed by atoms with Crippen LogP contribution in [-0.2, 0) is 14.1 Å². The van der Waals surface area contributed by atoms with E-state index in [9.17, 15) is 4.79 Å². The van der Waals surface area contributed by atoms with Gasteiger partial charge in [0.15, 0.2) is 0 Å². The predicted molar refractivity (Wildman–Crippen MR) is 85.2 cm³/mol. The van der Waals surface area contributed by atoms with Crippen LogP contribution in [0.5, 0.6) is 5.75 Å². The van der Waals surface area contributed by atoms with E-state index in [1.807, 2.05) is 36.3 Å². The van der Waals surface area contributed by atoms with Crippen molar-refractivity contribution in [2.45, 2.75) is 43.7 Å². The minimum absolute atomic E-state index is 0.181. The summed E-state index contributed by atoms with van der Waals surface area (Å²) in [4.78, 5) is 11.7. The average molecular weight is 321 g/mol. The minimum Gasteiger partial charge on any atom is -0.497 e. The molecule has 4 atom stereocenters. The van der Waals surface area contributed by atoms with Gasteiger partial charge < -0.3 is 18.8 Å². The number of hydrogen-bond acceptors (Lipinski definition) is 5. The first kappa shape index (κ1) is 15.7. The summed E-state index contributed by atoms with van der Waals surface area (Å²) in [5.74, 6) is 0.805. The quantitative estimate of drug-likeness (QED) is 0.474. The van der Waals surface area contributed by atoms with Gasteiger partial charge in [0.25, 0.3) is 0 Å². The summed E-state index contributed by atoms with van der Waals surface area (Å²) in [6.45, 7) is 8.77. The van der Waals surface area contributed by atoms with Crippen LogP contribution in [0.4, 0.5) is 0 Å². The van der Waals surface area contributed by atoms with Gasteiger partial charge in [0.2, 0.25) is 8.32 Å². The van der Waals surface area contributed by atoms with E-state index < -0.39 is 19.4 Å². The molecule has 0 radical (unpaired) electrons. The second kappa shape index (κ2) is 4.89. The molecule has 1 aromatic rings. The lowest BCUT2D eigenvalue weighted by atomic mass is 9.90. The van der Waals surface area contributed by atoms with Gasteiger partial charge in [-0.15, -0.1) is 0 Å². The van der Waals surface area contributed by atoms with Crippen molar-refractivity contribution in [2.75, 3.05) is 13.7 Å². The number of methoxy groups -OCH3 is 1. The molecule has 2 heterocycles. The second-order valence-electron chi connectivity index (χ2n) is 7.15. The van der Waals surface area contributed by atoms with E-state index >= 15 is 0 Å². The van der Waals surface area contributed by atoms with Crippen LogP contribution in [-0.4, -0.2) is 44.5 Å². The van der Waals surface area contributed by atoms with Gasteiger partial charge in [-0.25, -0.2) is 0 Å². The number of benzene rings is 1. The summed E-state index contributed by atoms with van der Waals surface area (Å²) < 4.78 is 17.3. The number of hydrogen-bond donors (Lipinski definition) is 0. The Balaban J connectivity index is 1.90. The lowest BCUT2D eigenvalue weighted by Crippen LogP contribution is -2.36. The molecule has 0 aromatic heterocycles. The van der Waals surface area contributed by atoms with Crippen molar-refractivity contribution in [1.29, 1.82) is 0 Å². The van der Waals surface area contributed by atoms with Gasteiger partial charge >= 0.3 is 0 Å². The lowest BCUT2D eigenvalue weighted by Gasteiger charge is -2.27. The Bertz CT molecular complexity index is 585. The van der Waals surface area contributed by atoms with Crippen molar-refractivity contribution in [2.24, 2.45) is 0 Å². The molecule has 0 amide bonds. The van der Waals surface area contributed by atoms with Gasteiger partial charge in [-0.1, -0.05) is 12.1 Å². The first-order valence-electron chi connectivity index (χ1n) is 7.50. The zero-order valence-electron chi connectivity index (χ0n) is 13.8. The third-order valence-corrected chi connectivity index (χ3v) is 5.30. The maximum Gasteiger partial charge on any atom is 0.212 e. The second-order valence-corrected chi connectivity index (χ2v) is 11.6. The third-order valence-electron chi connectivity index (χ3n) is 4.57. The Morgan fingerprint density at radius 1 is 1.32 bits per heavy atom. The van der Waals surface area contributed by atoms with E-state index in [0.29, 0.717) is 6.61 Å². The number of morpholine rings is 1. The Hall–Kier alpha value is -1.21. The topological polar surface area (TPSA) is 47.8 Å². The maximum atomic E-state index is 11.7. The van der Waals surface area contributed by atoms with Crippen molar-refractivity contribution < 1.29 is 18.8 Å². The van der Waals surface area contributed by atoms with E-state index in [-0.39, 0.29) is 6.10 Å². The van der Waals surface area contributed by atoms with Gasteiger partial charge in [-0.2, -0.15) is 5.06 Å². The molecule has 2 fully saturated rings. The summed E-state index contributed by atoms with van der Waals surface area (Å²) in [6.07, 6.45) is 0.802. The zero-order valence-corrected chi connectivity index (χ0v) is 14.8. The fourth-order valence-corrected chi connectivity index (χ4v) is 4.20. The maximum absolute atomic E-state index is 11.7. The zero-order chi connectivity index (χ0) is 16.2. The van der Waals surface area contributed by atoms with E-state index in [4.69, 9.17) is 14.0 Å². The molecule has 1 aromatic carbocycles. The molecule has 3 rings (SSSR count). The van der Waals surface area contributed by atoms with Gasteiger partial charge in [-0.3, -0.25) is 0 Å². The molecule has 22 heavy (non-hydrogen) atoms. The number of nitrogens with zero attached hydrogens (tertiary/aromatic N) is 1. The molecule has 2 aliphatic rings. The molecule has 6 heteroatoms. The van der Waals surface area contributed by atoms with E-state index in [2.05, 4.69) is 19.6 Å². The molecular weight excluding hydrogens is 298 g/mol. The number of carbonyl (C=O) groups excluding carboxylic acids is 1. The molecule has 120 valence electrons. The first-order chi connectivity index (χ1) is 10.3. The monoisotopic (exact) mass is 321 g/mol. The van der Waals surface area contributed by atoms with Gasteiger partial charge in [0, 0.05) is 0 Å². The number of hydroxylamine groups is 2. The highest BCUT2D eigenvalue weighted by molar-refractivity contribution is 6.69. The van der Waals surface area contributed by atoms with Crippen LogP contribution >= 0.6 is 0 Å². The minimum atomic E-state index is -1.79. The average Bonchev–Trinajstić information content (AvgIpc) is 2.81. The van der Waals surface area contributed by atoms with Crippen LogP contribution in [0.1, 0.15) is 18.6 Å². The summed E-state index contributed by atoms with van der Waals surface area (Å²) in [5, 5.41) is 1.87. The third kappa shape index (κ3) is 2.05. The smallest absolute Gasteiger partial charge is 0.212 e. The Labute approximate surface area is 132 Å². The Morgan fingerprint density at radius 3 is 2.45 bits per heavy atom. The van der Waals surface area contributed by atoms with Crippen LogP contribution in [0, 0.1) is 0 Å². The van der Waals surface area contributed by atoms with Crippen molar-refractivity contribution in [3.05, 3.63) is 29.8 Å². The van der Waals surface area contributed by atoms with Crippen LogP contribution in [0.3, 0.4) is 0 Å². The number of carbonyl (C=O) groups is 1. The van der Waals surface area contributed by atoms with Gasteiger partial charge in [0.1, 0.15) is 29.2 Å². The summed E-state index contributed by atoms with van der Waals surface area (Å²) in [6, 6.07) is 7.80. The molecule has 0 bridgehead atoms. The van der Waals surface area contributed by atoms with Crippen molar-refractivity contribution >= 4 is 14.6 Å². The van der Waals surface area contributed by atoms with Gasteiger partial charge in [-0.05, 0) is 44.3 Å². The SMILES string of the molecule is COc1ccc(C2OCC3(C=O)N(O[Si](C)(C)C)C23C)cc1. The van der Waals surface area contributed by atoms with E-state index in [1.54, 1.807) is 7.11 Å². The standard InChI is InChI=1S/C16H23NO4Si/c1-15-14(12-6-8-13(19-2)9-7-12)20-11-16(15,10-18)17(15)21-22(3,4)5/h6-10,14H,11H2,1-5H3. The summed E-state index contributed by atoms with van der Waals surface area (Å²) in [7, 11) is -0.145. The molecule has 0 saturated carbocycles. The fourth-order valence-electron chi connectivity index (χ4n) is 3.30. The van der Waals surface area contributed by atoms with Gasteiger partial charge in [0.05, 0.1) is 13.7 Å². The molecule has 4 unspecified atom stereocenters. The predicted octanol–water partition coefficient (Wildman–Crippen LogP) is 2.55. The fraction of sp³-hybridized carbons (Fsp3) is 0.562. The summed E-state index contributed by atoms with van der Waals surface area (Å²) >= 11 is 0. The molecule has 5 nitrogen and oxygen atoms in total. The van der Waals surface area contributed by atoms with Crippen LogP contribution in [0.25, 0.3) is 0 Å². The first-order valence-corrected chi connectivity index (χ1v) is 10.9. The highest BCUT2D eigenvalue weighted by Crippen LogP contribution is 2.64. The molecule has 0 aliphatic carbocycles. The molecule has 0 spiro atoms. The molecule has 0 N–H and O–H groups in total. The Morgan fingerprint density at radius 2 is 1.95 bits per heavy atom. The highest BCUT2D eigenvalue weighted by atomic mass is 28.4. The van der Waals surface area contributed by atoms with Crippen LogP contribution in [0.15, 0.2) is 24.3 Å². The van der Waals surface area contributed by atoms with Crippen LogP contribution < -0.4 is 4.74 Å². The van der Waals surface area contributed by atoms with Crippen molar-refractivity contribution in [1.82, 2.24) is 5.06 Å². The normalized spacial score (nSPS) is 36.8.